The summed E-state index contributed by atoms with van der Waals surface area (Å²) >= 11 is 0. The number of nitrogens with two attached hydrogens (primary N) is 1. The smallest absolute Gasteiger partial charge is 0.141 e. The van der Waals surface area contributed by atoms with Crippen molar-refractivity contribution in [2.24, 2.45) is 5.73 Å². The third-order valence-corrected chi connectivity index (χ3v) is 2.86. The highest BCUT2D eigenvalue weighted by molar-refractivity contribution is 5.28. The Morgan fingerprint density at radius 1 is 1.29 bits per heavy atom. The highest BCUT2D eigenvalue weighted by atomic mass is 19.1. The molecule has 0 bridgehead atoms. The molecule has 3 heteroatoms. The van der Waals surface area contributed by atoms with Gasteiger partial charge in [-0.1, -0.05) is 24.3 Å². The van der Waals surface area contributed by atoms with E-state index in [1.807, 2.05) is 31.2 Å². The lowest BCUT2D eigenvalue weighted by Gasteiger charge is -2.13. The maximum Gasteiger partial charge on any atom is 0.141 e. The summed E-state index contributed by atoms with van der Waals surface area (Å²) in [4.78, 5) is 3.81. The molecule has 2 rings (SSSR count). The number of halogens is 1. The lowest BCUT2D eigenvalue weighted by atomic mass is 9.98. The standard InChI is InChI=1S/C14H15FN2/c1-10-4-2-3-5-11(10)7-14(16)12-6-13(15)9-17-8-12/h2-6,8-9,14H,7,16H2,1H3. The molecule has 1 aromatic heterocycles. The normalized spacial score (nSPS) is 12.4. The van der Waals surface area contributed by atoms with E-state index in [0.29, 0.717) is 6.42 Å². The average molecular weight is 230 g/mol. The van der Waals surface area contributed by atoms with Crippen molar-refractivity contribution >= 4 is 0 Å². The van der Waals surface area contributed by atoms with Gasteiger partial charge in [-0.05, 0) is 36.1 Å². The summed E-state index contributed by atoms with van der Waals surface area (Å²) in [7, 11) is 0. The maximum atomic E-state index is 13.0. The van der Waals surface area contributed by atoms with Gasteiger partial charge in [-0.15, -0.1) is 0 Å². The van der Waals surface area contributed by atoms with Gasteiger partial charge in [0.25, 0.3) is 0 Å². The van der Waals surface area contributed by atoms with Gasteiger partial charge in [-0.25, -0.2) is 4.39 Å². The van der Waals surface area contributed by atoms with Gasteiger partial charge in [0.15, 0.2) is 0 Å². The van der Waals surface area contributed by atoms with Gasteiger partial charge in [-0.2, -0.15) is 0 Å². The van der Waals surface area contributed by atoms with Gasteiger partial charge in [0.1, 0.15) is 5.82 Å². The van der Waals surface area contributed by atoms with Crippen LogP contribution in [-0.4, -0.2) is 4.98 Å². The van der Waals surface area contributed by atoms with E-state index >= 15 is 0 Å². The Kier molecular flexibility index (Phi) is 3.49. The summed E-state index contributed by atoms with van der Waals surface area (Å²) in [6, 6.07) is 9.29. The average Bonchev–Trinajstić information content (AvgIpc) is 2.32. The number of benzene rings is 1. The Bertz CT molecular complexity index is 511. The quantitative estimate of drug-likeness (QED) is 0.880. The van der Waals surface area contributed by atoms with E-state index < -0.39 is 0 Å². The van der Waals surface area contributed by atoms with Gasteiger partial charge in [0.05, 0.1) is 6.20 Å². The largest absolute Gasteiger partial charge is 0.324 e. The number of rotatable bonds is 3. The predicted molar refractivity (Wildman–Crippen MR) is 66.0 cm³/mol. The third kappa shape index (κ3) is 2.88. The Morgan fingerprint density at radius 3 is 2.76 bits per heavy atom. The fraction of sp³-hybridized carbons (Fsp3) is 0.214. The fourth-order valence-electron chi connectivity index (χ4n) is 1.82. The summed E-state index contributed by atoms with van der Waals surface area (Å²) in [5.74, 6) is -0.345. The first-order valence-electron chi connectivity index (χ1n) is 5.57. The summed E-state index contributed by atoms with van der Waals surface area (Å²) in [6.45, 7) is 2.05. The summed E-state index contributed by atoms with van der Waals surface area (Å²) < 4.78 is 13.0. The molecule has 0 aliphatic carbocycles. The van der Waals surface area contributed by atoms with Crippen molar-refractivity contribution < 1.29 is 4.39 Å². The van der Waals surface area contributed by atoms with E-state index in [0.717, 1.165) is 5.56 Å². The van der Waals surface area contributed by atoms with E-state index in [1.165, 1.54) is 23.4 Å². The number of aryl methyl sites for hydroxylation is 1. The molecule has 0 fully saturated rings. The number of hydrogen-bond donors (Lipinski definition) is 1. The van der Waals surface area contributed by atoms with Crippen LogP contribution in [0, 0.1) is 12.7 Å². The molecule has 2 aromatic rings. The first kappa shape index (κ1) is 11.7. The van der Waals surface area contributed by atoms with Crippen LogP contribution in [0.5, 0.6) is 0 Å². The van der Waals surface area contributed by atoms with Gasteiger partial charge < -0.3 is 5.73 Å². The van der Waals surface area contributed by atoms with Crippen LogP contribution in [0.1, 0.15) is 22.7 Å². The van der Waals surface area contributed by atoms with Crippen LogP contribution in [0.4, 0.5) is 4.39 Å². The van der Waals surface area contributed by atoms with Crippen molar-refractivity contribution in [2.45, 2.75) is 19.4 Å². The molecule has 2 nitrogen and oxygen atoms in total. The maximum absolute atomic E-state index is 13.0. The zero-order chi connectivity index (χ0) is 12.3. The zero-order valence-electron chi connectivity index (χ0n) is 9.73. The first-order chi connectivity index (χ1) is 8.16. The van der Waals surface area contributed by atoms with Crippen molar-refractivity contribution in [2.75, 3.05) is 0 Å². The fourth-order valence-corrected chi connectivity index (χ4v) is 1.82. The Morgan fingerprint density at radius 2 is 2.06 bits per heavy atom. The topological polar surface area (TPSA) is 38.9 Å². The molecular weight excluding hydrogens is 215 g/mol. The van der Waals surface area contributed by atoms with Crippen LogP contribution < -0.4 is 5.73 Å². The number of pyridine rings is 1. The van der Waals surface area contributed by atoms with Gasteiger partial charge >= 0.3 is 0 Å². The number of aromatic nitrogens is 1. The highest BCUT2D eigenvalue weighted by Crippen LogP contribution is 2.18. The van der Waals surface area contributed by atoms with Crippen molar-refractivity contribution in [3.63, 3.8) is 0 Å². The van der Waals surface area contributed by atoms with Crippen LogP contribution >= 0.6 is 0 Å². The van der Waals surface area contributed by atoms with E-state index in [2.05, 4.69) is 4.98 Å². The second-order valence-electron chi connectivity index (χ2n) is 4.17. The Labute approximate surface area is 100 Å². The molecule has 1 unspecified atom stereocenters. The van der Waals surface area contributed by atoms with Crippen molar-refractivity contribution in [1.82, 2.24) is 4.98 Å². The van der Waals surface area contributed by atoms with Gasteiger partial charge in [0.2, 0.25) is 0 Å². The summed E-state index contributed by atoms with van der Waals surface area (Å²) in [5, 5.41) is 0. The van der Waals surface area contributed by atoms with Crippen LogP contribution in [0.2, 0.25) is 0 Å². The lowest BCUT2D eigenvalue weighted by Crippen LogP contribution is -2.14. The summed E-state index contributed by atoms with van der Waals surface area (Å²) in [6.07, 6.45) is 3.49. The Balaban J connectivity index is 2.17. The van der Waals surface area contributed by atoms with E-state index in [-0.39, 0.29) is 11.9 Å². The molecule has 1 atom stereocenters. The van der Waals surface area contributed by atoms with Crippen molar-refractivity contribution in [3.05, 3.63) is 65.2 Å². The molecule has 1 heterocycles. The molecule has 0 radical (unpaired) electrons. The molecule has 17 heavy (non-hydrogen) atoms. The third-order valence-electron chi connectivity index (χ3n) is 2.86. The molecule has 88 valence electrons. The van der Waals surface area contributed by atoms with Gasteiger partial charge in [-0.3, -0.25) is 4.98 Å². The molecule has 0 amide bonds. The molecule has 1 aromatic carbocycles. The predicted octanol–water partition coefficient (Wildman–Crippen LogP) is 2.77. The monoisotopic (exact) mass is 230 g/mol. The Hall–Kier alpha value is -1.74. The lowest BCUT2D eigenvalue weighted by molar-refractivity contribution is 0.610. The molecule has 0 saturated carbocycles. The minimum Gasteiger partial charge on any atom is -0.324 e. The van der Waals surface area contributed by atoms with E-state index in [1.54, 1.807) is 6.20 Å². The number of hydrogen-bond acceptors (Lipinski definition) is 2. The molecular formula is C14H15FN2. The molecule has 0 aliphatic heterocycles. The van der Waals surface area contributed by atoms with Crippen LogP contribution in [0.15, 0.2) is 42.7 Å². The number of nitrogens with zero attached hydrogens (tertiary/aromatic N) is 1. The van der Waals surface area contributed by atoms with Crippen molar-refractivity contribution in [3.8, 4) is 0 Å². The van der Waals surface area contributed by atoms with Crippen molar-refractivity contribution in [1.29, 1.82) is 0 Å². The SMILES string of the molecule is Cc1ccccc1CC(N)c1cncc(F)c1. The van der Waals surface area contributed by atoms with E-state index in [9.17, 15) is 4.39 Å². The second kappa shape index (κ2) is 5.06. The molecule has 0 aliphatic rings. The molecule has 0 saturated heterocycles. The minimum absolute atomic E-state index is 0.223. The molecule has 2 N–H and O–H groups in total. The molecule has 0 spiro atoms. The highest BCUT2D eigenvalue weighted by Gasteiger charge is 2.09. The zero-order valence-corrected chi connectivity index (χ0v) is 9.73. The van der Waals surface area contributed by atoms with Crippen LogP contribution in [0.3, 0.4) is 0 Å². The first-order valence-corrected chi connectivity index (χ1v) is 5.57. The van der Waals surface area contributed by atoms with E-state index in [4.69, 9.17) is 5.73 Å². The van der Waals surface area contributed by atoms with Crippen LogP contribution in [-0.2, 0) is 6.42 Å². The minimum atomic E-state index is -0.345. The summed E-state index contributed by atoms with van der Waals surface area (Å²) in [5.41, 5.74) is 9.17. The van der Waals surface area contributed by atoms with Crippen LogP contribution in [0.25, 0.3) is 0 Å². The van der Waals surface area contributed by atoms with Gasteiger partial charge in [0, 0.05) is 12.2 Å². The second-order valence-corrected chi connectivity index (χ2v) is 4.17.